The van der Waals surface area contributed by atoms with E-state index in [1.54, 1.807) is 0 Å². The predicted molar refractivity (Wildman–Crippen MR) is 81.3 cm³/mol. The van der Waals surface area contributed by atoms with Crippen LogP contribution in [-0.4, -0.2) is 18.1 Å². The van der Waals surface area contributed by atoms with Crippen molar-refractivity contribution in [1.29, 1.82) is 0 Å². The van der Waals surface area contributed by atoms with E-state index in [1.165, 1.54) is 31.5 Å². The molecular formula is C16H27N3. The van der Waals surface area contributed by atoms with Crippen LogP contribution < -0.4 is 10.6 Å². The van der Waals surface area contributed by atoms with Gasteiger partial charge in [-0.2, -0.15) is 0 Å². The second-order valence-electron chi connectivity index (χ2n) is 5.83. The van der Waals surface area contributed by atoms with Gasteiger partial charge in [0.05, 0.1) is 17.6 Å². The van der Waals surface area contributed by atoms with E-state index < -0.39 is 0 Å². The standard InChI is InChI=1S/C16H27N3/c1-4-14(17)15-8-7-13(11-18-15)19-10-9-16(5-2,6-3)12-19/h7-8,11,14H,4-6,9-10,12,17H2,1-3H3/t14-/m1/s1. The predicted octanol–water partition coefficient (Wildman–Crippen LogP) is 3.51. The zero-order chi connectivity index (χ0) is 13.9. The van der Waals surface area contributed by atoms with Crippen LogP contribution in [-0.2, 0) is 0 Å². The molecule has 1 aromatic heterocycles. The molecule has 0 spiro atoms. The lowest BCUT2D eigenvalue weighted by atomic mass is 9.82. The Hall–Kier alpha value is -1.09. The molecule has 0 aromatic carbocycles. The van der Waals surface area contributed by atoms with Crippen LogP contribution in [0.5, 0.6) is 0 Å². The fraction of sp³-hybridized carbons (Fsp3) is 0.688. The molecule has 2 heterocycles. The third kappa shape index (κ3) is 2.92. The maximum absolute atomic E-state index is 6.01. The molecular weight excluding hydrogens is 234 g/mol. The first-order valence-corrected chi connectivity index (χ1v) is 7.60. The Balaban J connectivity index is 2.08. The average Bonchev–Trinajstić information content (AvgIpc) is 2.92. The number of pyridine rings is 1. The van der Waals surface area contributed by atoms with Gasteiger partial charge in [-0.3, -0.25) is 4.98 Å². The molecule has 0 unspecified atom stereocenters. The molecule has 106 valence electrons. The van der Waals surface area contributed by atoms with Crippen LogP contribution in [0.15, 0.2) is 18.3 Å². The van der Waals surface area contributed by atoms with Gasteiger partial charge in [0, 0.05) is 19.1 Å². The molecule has 0 aliphatic carbocycles. The number of hydrogen-bond acceptors (Lipinski definition) is 3. The van der Waals surface area contributed by atoms with Crippen molar-refractivity contribution in [1.82, 2.24) is 4.98 Å². The van der Waals surface area contributed by atoms with E-state index in [4.69, 9.17) is 5.73 Å². The third-order valence-corrected chi connectivity index (χ3v) is 4.89. The summed E-state index contributed by atoms with van der Waals surface area (Å²) in [5.74, 6) is 0. The smallest absolute Gasteiger partial charge is 0.0572 e. The molecule has 2 N–H and O–H groups in total. The van der Waals surface area contributed by atoms with Crippen LogP contribution in [0.3, 0.4) is 0 Å². The first kappa shape index (κ1) is 14.3. The highest BCUT2D eigenvalue weighted by Crippen LogP contribution is 2.38. The zero-order valence-electron chi connectivity index (χ0n) is 12.5. The van der Waals surface area contributed by atoms with E-state index in [0.29, 0.717) is 5.41 Å². The fourth-order valence-electron chi connectivity index (χ4n) is 3.00. The number of hydrogen-bond donors (Lipinski definition) is 1. The van der Waals surface area contributed by atoms with E-state index in [9.17, 15) is 0 Å². The number of nitrogens with zero attached hydrogens (tertiary/aromatic N) is 2. The molecule has 0 saturated carbocycles. The second kappa shape index (κ2) is 5.91. The van der Waals surface area contributed by atoms with Crippen molar-refractivity contribution in [2.75, 3.05) is 18.0 Å². The van der Waals surface area contributed by atoms with Gasteiger partial charge in [-0.1, -0.05) is 20.8 Å². The van der Waals surface area contributed by atoms with E-state index in [1.807, 2.05) is 6.20 Å². The molecule has 0 radical (unpaired) electrons. The zero-order valence-corrected chi connectivity index (χ0v) is 12.5. The molecule has 1 aliphatic rings. The summed E-state index contributed by atoms with van der Waals surface area (Å²) in [6, 6.07) is 4.33. The molecule has 19 heavy (non-hydrogen) atoms. The van der Waals surface area contributed by atoms with Gasteiger partial charge < -0.3 is 10.6 Å². The minimum Gasteiger partial charge on any atom is -0.370 e. The van der Waals surface area contributed by atoms with E-state index >= 15 is 0 Å². The van der Waals surface area contributed by atoms with E-state index in [-0.39, 0.29) is 6.04 Å². The Bertz CT molecular complexity index is 395. The second-order valence-corrected chi connectivity index (χ2v) is 5.83. The summed E-state index contributed by atoms with van der Waals surface area (Å²) in [4.78, 5) is 7.00. The number of nitrogens with two attached hydrogens (primary N) is 1. The van der Waals surface area contributed by atoms with Crippen LogP contribution >= 0.6 is 0 Å². The van der Waals surface area contributed by atoms with Crippen LogP contribution in [0.4, 0.5) is 5.69 Å². The van der Waals surface area contributed by atoms with Gasteiger partial charge in [-0.25, -0.2) is 0 Å². The number of aromatic nitrogens is 1. The Morgan fingerprint density at radius 2 is 2.05 bits per heavy atom. The minimum atomic E-state index is 0.0676. The molecule has 0 amide bonds. The van der Waals surface area contributed by atoms with Crippen LogP contribution in [0.25, 0.3) is 0 Å². The highest BCUT2D eigenvalue weighted by atomic mass is 15.2. The molecule has 1 aliphatic heterocycles. The van der Waals surface area contributed by atoms with Gasteiger partial charge in [-0.05, 0) is 43.2 Å². The first-order chi connectivity index (χ1) is 9.14. The monoisotopic (exact) mass is 261 g/mol. The van der Waals surface area contributed by atoms with Crippen molar-refractivity contribution in [3.8, 4) is 0 Å². The first-order valence-electron chi connectivity index (χ1n) is 7.60. The van der Waals surface area contributed by atoms with Crippen molar-refractivity contribution in [2.45, 2.75) is 52.5 Å². The summed E-state index contributed by atoms with van der Waals surface area (Å²) >= 11 is 0. The summed E-state index contributed by atoms with van der Waals surface area (Å²) < 4.78 is 0. The Morgan fingerprint density at radius 3 is 2.53 bits per heavy atom. The van der Waals surface area contributed by atoms with Crippen molar-refractivity contribution >= 4 is 5.69 Å². The normalized spacial score (nSPS) is 19.7. The van der Waals surface area contributed by atoms with E-state index in [0.717, 1.165) is 18.7 Å². The number of rotatable bonds is 5. The maximum Gasteiger partial charge on any atom is 0.0572 e. The Kier molecular flexibility index (Phi) is 4.46. The lowest BCUT2D eigenvalue weighted by molar-refractivity contribution is 0.301. The number of anilines is 1. The molecule has 1 fully saturated rings. The SMILES string of the molecule is CC[C@@H](N)c1ccc(N2CCC(CC)(CC)C2)cn1. The minimum absolute atomic E-state index is 0.0676. The molecule has 1 saturated heterocycles. The highest BCUT2D eigenvalue weighted by molar-refractivity contribution is 5.46. The molecule has 2 rings (SSSR count). The van der Waals surface area contributed by atoms with Gasteiger partial charge in [0.25, 0.3) is 0 Å². The van der Waals surface area contributed by atoms with Crippen molar-refractivity contribution in [3.63, 3.8) is 0 Å². The fourth-order valence-corrected chi connectivity index (χ4v) is 3.00. The maximum atomic E-state index is 6.01. The van der Waals surface area contributed by atoms with Gasteiger partial charge in [0.15, 0.2) is 0 Å². The summed E-state index contributed by atoms with van der Waals surface area (Å²) in [5.41, 5.74) is 8.77. The van der Waals surface area contributed by atoms with Crippen molar-refractivity contribution in [2.24, 2.45) is 11.1 Å². The summed E-state index contributed by atoms with van der Waals surface area (Å²) in [6.07, 6.45) is 6.77. The lowest BCUT2D eigenvalue weighted by Crippen LogP contribution is -2.26. The van der Waals surface area contributed by atoms with Gasteiger partial charge >= 0.3 is 0 Å². The van der Waals surface area contributed by atoms with Crippen LogP contribution in [0, 0.1) is 5.41 Å². The van der Waals surface area contributed by atoms with Crippen molar-refractivity contribution < 1.29 is 0 Å². The van der Waals surface area contributed by atoms with Crippen molar-refractivity contribution in [3.05, 3.63) is 24.0 Å². The third-order valence-electron chi connectivity index (χ3n) is 4.89. The van der Waals surface area contributed by atoms with Gasteiger partial charge in [0.1, 0.15) is 0 Å². The van der Waals surface area contributed by atoms with Gasteiger partial charge in [-0.15, -0.1) is 0 Å². The molecule has 3 heteroatoms. The lowest BCUT2D eigenvalue weighted by Gasteiger charge is -2.27. The van der Waals surface area contributed by atoms with Gasteiger partial charge in [0.2, 0.25) is 0 Å². The molecule has 1 atom stereocenters. The Labute approximate surface area is 117 Å². The summed E-state index contributed by atoms with van der Waals surface area (Å²) in [5, 5.41) is 0. The molecule has 3 nitrogen and oxygen atoms in total. The summed E-state index contributed by atoms with van der Waals surface area (Å²) in [6.45, 7) is 9.05. The topological polar surface area (TPSA) is 42.1 Å². The Morgan fingerprint density at radius 1 is 1.32 bits per heavy atom. The van der Waals surface area contributed by atoms with Crippen LogP contribution in [0.2, 0.25) is 0 Å². The highest BCUT2D eigenvalue weighted by Gasteiger charge is 2.34. The average molecular weight is 261 g/mol. The summed E-state index contributed by atoms with van der Waals surface area (Å²) in [7, 11) is 0. The van der Waals surface area contributed by atoms with Crippen LogP contribution in [0.1, 0.15) is 58.2 Å². The molecule has 0 bridgehead atoms. The largest absolute Gasteiger partial charge is 0.370 e. The van der Waals surface area contributed by atoms with E-state index in [2.05, 4.69) is 42.8 Å². The molecule has 1 aromatic rings. The quantitative estimate of drug-likeness (QED) is 0.882.